The van der Waals surface area contributed by atoms with Crippen LogP contribution in [0.25, 0.3) is 0 Å². The van der Waals surface area contributed by atoms with E-state index in [0.717, 1.165) is 12.0 Å². The molecule has 32 heavy (non-hydrogen) atoms. The number of hydrogen-bond acceptors (Lipinski definition) is 4. The highest BCUT2D eigenvalue weighted by Gasteiger charge is 2.43. The fourth-order valence-electron chi connectivity index (χ4n) is 3.45. The molecule has 0 aromatic heterocycles. The van der Waals surface area contributed by atoms with E-state index in [1.165, 1.54) is 15.9 Å². The third kappa shape index (κ3) is 6.61. The monoisotopic (exact) mass is 465 g/mol. The Balaban J connectivity index is 0.000000523. The van der Waals surface area contributed by atoms with E-state index in [2.05, 4.69) is 127 Å². The summed E-state index contributed by atoms with van der Waals surface area (Å²) in [7, 11) is -6.64. The fourth-order valence-corrected chi connectivity index (χ4v) is 7.06. The van der Waals surface area contributed by atoms with Gasteiger partial charge in [0, 0.05) is 5.57 Å². The lowest BCUT2D eigenvalue weighted by Gasteiger charge is -2.23. The van der Waals surface area contributed by atoms with E-state index < -0.39 is 17.5 Å². The molecule has 0 saturated carbocycles. The second kappa shape index (κ2) is 11.2. The molecule has 3 aromatic rings. The molecule has 0 saturated heterocycles. The van der Waals surface area contributed by atoms with Crippen LogP contribution in [0.4, 0.5) is 0 Å². The third-order valence-electron chi connectivity index (χ3n) is 4.78. The van der Waals surface area contributed by atoms with Crippen molar-refractivity contribution in [1.29, 1.82) is 0 Å². The summed E-state index contributed by atoms with van der Waals surface area (Å²) >= 11 is 0. The van der Waals surface area contributed by atoms with Crippen molar-refractivity contribution in [2.45, 2.75) is 6.42 Å². The van der Waals surface area contributed by atoms with Gasteiger partial charge in [0.15, 0.2) is 0 Å². The average molecular weight is 466 g/mol. The maximum Gasteiger partial charge on any atom is 0.144 e. The molecule has 0 unspecified atom stereocenters. The highest BCUT2D eigenvalue weighted by atomic mass is 35.7. The summed E-state index contributed by atoms with van der Waals surface area (Å²) in [6, 6.07) is 32.6. The van der Waals surface area contributed by atoms with Crippen LogP contribution in [0.15, 0.2) is 132 Å². The Bertz CT molecular complexity index is 998. The molecular formula is C26H23ClO4P+. The Kier molecular flexibility index (Phi) is 8.35. The van der Waals surface area contributed by atoms with E-state index in [4.69, 9.17) is 18.6 Å². The Morgan fingerprint density at radius 1 is 0.688 bits per heavy atom. The number of hydrogen-bond donors (Lipinski definition) is 1. The van der Waals surface area contributed by atoms with Gasteiger partial charge in [0.2, 0.25) is 0 Å². The van der Waals surface area contributed by atoms with Gasteiger partial charge in [-0.1, -0.05) is 84.6 Å². The molecule has 0 bridgehead atoms. The van der Waals surface area contributed by atoms with Crippen molar-refractivity contribution in [3.05, 3.63) is 132 Å². The van der Waals surface area contributed by atoms with Crippen molar-refractivity contribution in [1.82, 2.24) is 0 Å². The van der Waals surface area contributed by atoms with Crippen molar-refractivity contribution in [3.63, 3.8) is 0 Å². The minimum Gasteiger partial charge on any atom is -0.183 e. The average Bonchev–Trinajstić information content (AvgIpc) is 2.81. The molecule has 162 valence electrons. The summed E-state index contributed by atoms with van der Waals surface area (Å²) in [4.78, 5) is 0. The van der Waals surface area contributed by atoms with Gasteiger partial charge in [-0.2, -0.15) is 14.0 Å². The Morgan fingerprint density at radius 2 is 1.03 bits per heavy atom. The first-order chi connectivity index (χ1) is 15.4. The van der Waals surface area contributed by atoms with Crippen LogP contribution in [0.2, 0.25) is 0 Å². The van der Waals surface area contributed by atoms with Crippen molar-refractivity contribution in [3.8, 4) is 0 Å². The summed E-state index contributed by atoms with van der Waals surface area (Å²) in [5, 5.41) is 4.04. The second-order valence-corrected chi connectivity index (χ2v) is 10.9. The molecule has 0 amide bonds. The zero-order valence-corrected chi connectivity index (χ0v) is 18.9. The summed E-state index contributed by atoms with van der Waals surface area (Å²) in [6.07, 6.45) is 9.69. The fraction of sp³-hybridized carbons (Fsp3) is 0.0385. The van der Waals surface area contributed by atoms with Crippen LogP contribution in [0.1, 0.15) is 6.42 Å². The van der Waals surface area contributed by atoms with Gasteiger partial charge >= 0.3 is 0 Å². The number of halogens is 1. The van der Waals surface area contributed by atoms with E-state index in [0.29, 0.717) is 0 Å². The van der Waals surface area contributed by atoms with Gasteiger partial charge in [0.1, 0.15) is 29.0 Å². The SMILES string of the molecule is C(=C[P+](c1ccccc1)(c1ccccc1)c1ccccc1)=C1C=CCC=C1.[O-][Cl+3]([O-])([O-])O. The highest BCUT2D eigenvalue weighted by molar-refractivity contribution is 7.98. The number of allylic oxidation sites excluding steroid dienone is 5. The molecule has 4 nitrogen and oxygen atoms in total. The van der Waals surface area contributed by atoms with Gasteiger partial charge in [-0.15, -0.1) is 0 Å². The van der Waals surface area contributed by atoms with E-state index in [1.807, 2.05) is 0 Å². The predicted octanol–water partition coefficient (Wildman–Crippen LogP) is 1.41. The maximum absolute atomic E-state index is 8.60. The van der Waals surface area contributed by atoms with Gasteiger partial charge < -0.3 is 0 Å². The topological polar surface area (TPSA) is 89.4 Å². The van der Waals surface area contributed by atoms with Crippen molar-refractivity contribution in [2.75, 3.05) is 0 Å². The second-order valence-electron chi connectivity index (χ2n) is 6.89. The Labute approximate surface area is 190 Å². The maximum atomic E-state index is 8.60. The predicted molar refractivity (Wildman–Crippen MR) is 122 cm³/mol. The normalized spacial score (nSPS) is 13.1. The first-order valence-corrected chi connectivity index (χ1v) is 13.0. The highest BCUT2D eigenvalue weighted by Crippen LogP contribution is 2.56. The van der Waals surface area contributed by atoms with E-state index in [-0.39, 0.29) is 0 Å². The standard InChI is InChI=1S/C26H22P.ClHO4/c1-5-13-23(14-6-1)21-22-27(24-15-7-2-8-16-24,25-17-9-3-10-18-25)26-19-11-4-12-20-26;2-1(3,4)5/h2-20,22H,1H2;(H,2,3,4,5)/q+1;. The quantitative estimate of drug-likeness (QED) is 0.466. The number of benzene rings is 3. The zero-order chi connectivity index (χ0) is 22.9. The van der Waals surface area contributed by atoms with Crippen LogP contribution in [0.5, 0.6) is 0 Å². The lowest BCUT2D eigenvalue weighted by atomic mass is 10.1. The van der Waals surface area contributed by atoms with Crippen molar-refractivity contribution < 1.29 is 28.9 Å². The molecule has 1 aliphatic carbocycles. The molecule has 1 aliphatic rings. The molecule has 4 rings (SSSR count). The molecule has 3 aromatic carbocycles. The van der Waals surface area contributed by atoms with Crippen LogP contribution in [-0.2, 0) is 0 Å². The Hall–Kier alpha value is -2.78. The minimum absolute atomic E-state index is 1.00. The smallest absolute Gasteiger partial charge is 0.144 e. The molecule has 0 aliphatic heterocycles. The van der Waals surface area contributed by atoms with Crippen LogP contribution in [0, 0.1) is 10.2 Å². The zero-order valence-electron chi connectivity index (χ0n) is 17.3. The van der Waals surface area contributed by atoms with Gasteiger partial charge in [0.25, 0.3) is 0 Å². The van der Waals surface area contributed by atoms with Crippen molar-refractivity contribution in [2.24, 2.45) is 0 Å². The van der Waals surface area contributed by atoms with E-state index >= 15 is 0 Å². The largest absolute Gasteiger partial charge is 0.183 e. The molecule has 1 N–H and O–H groups in total. The summed E-state index contributed by atoms with van der Waals surface area (Å²) in [5.41, 5.74) is 4.76. The molecule has 0 radical (unpaired) electrons. The summed E-state index contributed by atoms with van der Waals surface area (Å²) in [6.45, 7) is 0. The molecule has 0 fully saturated rings. The van der Waals surface area contributed by atoms with Gasteiger partial charge in [0.05, 0.1) is 14.9 Å². The van der Waals surface area contributed by atoms with Crippen LogP contribution < -0.4 is 29.9 Å². The lowest BCUT2D eigenvalue weighted by Crippen LogP contribution is -2.58. The van der Waals surface area contributed by atoms with Gasteiger partial charge in [-0.25, -0.2) is 0 Å². The van der Waals surface area contributed by atoms with E-state index in [1.54, 1.807) is 0 Å². The van der Waals surface area contributed by atoms with Gasteiger partial charge in [-0.3, -0.25) is 0 Å². The lowest BCUT2D eigenvalue weighted by molar-refractivity contribution is -1.92. The van der Waals surface area contributed by atoms with Crippen LogP contribution in [-0.4, -0.2) is 4.66 Å². The molecule has 0 atom stereocenters. The minimum atomic E-state index is -4.69. The number of rotatable bonds is 4. The van der Waals surface area contributed by atoms with Crippen molar-refractivity contribution >= 4 is 23.2 Å². The van der Waals surface area contributed by atoms with Crippen LogP contribution >= 0.6 is 7.26 Å². The third-order valence-corrected chi connectivity index (χ3v) is 8.64. The van der Waals surface area contributed by atoms with Gasteiger partial charge in [-0.05, 0) is 42.8 Å². The van der Waals surface area contributed by atoms with E-state index in [9.17, 15) is 0 Å². The summed E-state index contributed by atoms with van der Waals surface area (Å²) < 4.78 is 32.7. The molecule has 6 heteroatoms. The first-order valence-electron chi connectivity index (χ1n) is 9.89. The summed E-state index contributed by atoms with van der Waals surface area (Å²) in [5.74, 6) is 2.34. The first kappa shape index (κ1) is 23.9. The Morgan fingerprint density at radius 3 is 1.38 bits per heavy atom. The van der Waals surface area contributed by atoms with Crippen LogP contribution in [0.3, 0.4) is 0 Å². The molecular weight excluding hydrogens is 443 g/mol. The molecule has 0 heterocycles. The molecule has 0 spiro atoms.